The van der Waals surface area contributed by atoms with Crippen molar-refractivity contribution in [1.82, 2.24) is 5.32 Å². The number of aryl methyl sites for hydroxylation is 1. The quantitative estimate of drug-likeness (QED) is 0.896. The molecule has 0 atom stereocenters. The van der Waals surface area contributed by atoms with Crippen molar-refractivity contribution in [3.63, 3.8) is 0 Å². The molecule has 4 heteroatoms. The van der Waals surface area contributed by atoms with Gasteiger partial charge in [0.05, 0.1) is 0 Å². The summed E-state index contributed by atoms with van der Waals surface area (Å²) in [6.07, 6.45) is 3.11. The van der Waals surface area contributed by atoms with E-state index in [9.17, 15) is 9.18 Å². The van der Waals surface area contributed by atoms with E-state index < -0.39 is 0 Å². The molecule has 3 rings (SSSR count). The van der Waals surface area contributed by atoms with Crippen molar-refractivity contribution in [3.05, 3.63) is 65.5 Å². The molecular weight excluding hydrogens is 279 g/mol. The third kappa shape index (κ3) is 3.27. The highest BCUT2D eigenvalue weighted by Crippen LogP contribution is 2.26. The van der Waals surface area contributed by atoms with Crippen LogP contribution in [0, 0.1) is 5.82 Å². The van der Waals surface area contributed by atoms with E-state index >= 15 is 0 Å². The van der Waals surface area contributed by atoms with Crippen LogP contribution in [0.25, 0.3) is 0 Å². The fourth-order valence-corrected chi connectivity index (χ4v) is 2.78. The number of hydrogen-bond donors (Lipinski definition) is 1. The number of nitrogens with one attached hydrogen (secondary N) is 1. The number of halogens is 1. The predicted molar refractivity (Wildman–Crippen MR) is 85.4 cm³/mol. The summed E-state index contributed by atoms with van der Waals surface area (Å²) >= 11 is 0. The summed E-state index contributed by atoms with van der Waals surface area (Å²) < 4.78 is 12.9. The number of rotatable bonds is 2. The molecular formula is C18H19FN2O. The number of benzene rings is 2. The number of nitrogens with zero attached hydrogens (tertiary/aromatic N) is 1. The van der Waals surface area contributed by atoms with Crippen LogP contribution in [0.2, 0.25) is 0 Å². The van der Waals surface area contributed by atoms with Gasteiger partial charge in [0.15, 0.2) is 0 Å². The van der Waals surface area contributed by atoms with E-state index in [1.54, 1.807) is 12.1 Å². The minimum atomic E-state index is -0.267. The molecule has 3 nitrogen and oxygen atoms in total. The Bertz CT molecular complexity index is 654. The molecule has 2 aromatic carbocycles. The summed E-state index contributed by atoms with van der Waals surface area (Å²) in [5.41, 5.74) is 3.10. The Balaban J connectivity index is 1.70. The predicted octanol–water partition coefficient (Wildman–Crippen LogP) is 3.88. The van der Waals surface area contributed by atoms with Crippen LogP contribution in [-0.2, 0) is 13.0 Å². The lowest BCUT2D eigenvalue weighted by atomic mass is 10.1. The Hall–Kier alpha value is -2.36. The van der Waals surface area contributed by atoms with E-state index in [2.05, 4.69) is 11.4 Å². The average Bonchev–Trinajstić information content (AvgIpc) is 2.76. The largest absolute Gasteiger partial charge is 0.334 e. The number of carbonyl (C=O) groups excluding carboxylic acids is 1. The van der Waals surface area contributed by atoms with Crippen molar-refractivity contribution < 1.29 is 9.18 Å². The highest BCUT2D eigenvalue weighted by atomic mass is 19.1. The number of anilines is 1. The molecule has 1 N–H and O–H groups in total. The second-order valence-corrected chi connectivity index (χ2v) is 5.52. The van der Waals surface area contributed by atoms with Gasteiger partial charge in [-0.2, -0.15) is 0 Å². The third-order valence-corrected chi connectivity index (χ3v) is 3.96. The topological polar surface area (TPSA) is 32.3 Å². The number of para-hydroxylation sites is 1. The first-order valence-corrected chi connectivity index (χ1v) is 7.62. The van der Waals surface area contributed by atoms with E-state index in [-0.39, 0.29) is 11.8 Å². The molecule has 0 aliphatic carbocycles. The summed E-state index contributed by atoms with van der Waals surface area (Å²) in [5.74, 6) is -0.267. The van der Waals surface area contributed by atoms with Gasteiger partial charge in [0, 0.05) is 18.8 Å². The number of fused-ring (bicyclic) bond motifs is 1. The molecule has 0 radical (unpaired) electrons. The van der Waals surface area contributed by atoms with Crippen molar-refractivity contribution in [2.75, 3.05) is 11.4 Å². The maximum atomic E-state index is 12.9. The molecule has 1 aliphatic rings. The Kier molecular flexibility index (Phi) is 4.37. The fourth-order valence-electron chi connectivity index (χ4n) is 2.78. The van der Waals surface area contributed by atoms with Gasteiger partial charge < -0.3 is 5.32 Å². The number of hydrogen-bond acceptors (Lipinski definition) is 1. The van der Waals surface area contributed by atoms with Crippen LogP contribution in [0.1, 0.15) is 24.0 Å². The summed E-state index contributed by atoms with van der Waals surface area (Å²) in [6.45, 7) is 1.13. The SMILES string of the molecule is O=C(NCc1ccc(F)cc1)N1CCCCc2ccccc21. The summed E-state index contributed by atoms with van der Waals surface area (Å²) in [4.78, 5) is 14.3. The smallest absolute Gasteiger partial charge is 0.322 e. The molecule has 0 saturated heterocycles. The minimum absolute atomic E-state index is 0.0984. The van der Waals surface area contributed by atoms with Gasteiger partial charge in [0.2, 0.25) is 0 Å². The summed E-state index contributed by atoms with van der Waals surface area (Å²) in [7, 11) is 0. The maximum absolute atomic E-state index is 12.9. The zero-order valence-electron chi connectivity index (χ0n) is 12.4. The van der Waals surface area contributed by atoms with Gasteiger partial charge in [0.25, 0.3) is 0 Å². The van der Waals surface area contributed by atoms with Gasteiger partial charge in [-0.05, 0) is 48.6 Å². The fraction of sp³-hybridized carbons (Fsp3) is 0.278. The van der Waals surface area contributed by atoms with Crippen molar-refractivity contribution >= 4 is 11.7 Å². The second kappa shape index (κ2) is 6.60. The normalized spacial score (nSPS) is 14.1. The number of carbonyl (C=O) groups is 1. The van der Waals surface area contributed by atoms with Crippen molar-refractivity contribution in [2.24, 2.45) is 0 Å². The minimum Gasteiger partial charge on any atom is -0.334 e. The molecule has 0 bridgehead atoms. The van der Waals surface area contributed by atoms with Crippen LogP contribution in [-0.4, -0.2) is 12.6 Å². The Labute approximate surface area is 129 Å². The molecule has 1 heterocycles. The van der Waals surface area contributed by atoms with Gasteiger partial charge in [-0.1, -0.05) is 30.3 Å². The van der Waals surface area contributed by atoms with Gasteiger partial charge >= 0.3 is 6.03 Å². The Morgan fingerprint density at radius 1 is 1.09 bits per heavy atom. The van der Waals surface area contributed by atoms with Gasteiger partial charge in [-0.3, -0.25) is 4.90 Å². The lowest BCUT2D eigenvalue weighted by Gasteiger charge is -2.23. The zero-order valence-corrected chi connectivity index (χ0v) is 12.4. The maximum Gasteiger partial charge on any atom is 0.322 e. The average molecular weight is 298 g/mol. The van der Waals surface area contributed by atoms with Crippen molar-refractivity contribution in [2.45, 2.75) is 25.8 Å². The lowest BCUT2D eigenvalue weighted by molar-refractivity contribution is 0.246. The molecule has 0 saturated carbocycles. The monoisotopic (exact) mass is 298 g/mol. The van der Waals surface area contributed by atoms with E-state index in [0.717, 1.165) is 37.1 Å². The summed E-state index contributed by atoms with van der Waals surface area (Å²) in [5, 5.41) is 2.92. The number of amides is 2. The van der Waals surface area contributed by atoms with Gasteiger partial charge in [0.1, 0.15) is 5.82 Å². The van der Waals surface area contributed by atoms with Crippen LogP contribution in [0.15, 0.2) is 48.5 Å². The highest BCUT2D eigenvalue weighted by Gasteiger charge is 2.20. The molecule has 0 unspecified atom stereocenters. The van der Waals surface area contributed by atoms with Crippen LogP contribution >= 0.6 is 0 Å². The highest BCUT2D eigenvalue weighted by molar-refractivity contribution is 5.92. The molecule has 0 fully saturated rings. The third-order valence-electron chi connectivity index (χ3n) is 3.96. The van der Waals surface area contributed by atoms with Crippen LogP contribution < -0.4 is 10.2 Å². The molecule has 0 spiro atoms. The second-order valence-electron chi connectivity index (χ2n) is 5.52. The molecule has 1 aliphatic heterocycles. The molecule has 114 valence electrons. The van der Waals surface area contributed by atoms with Gasteiger partial charge in [-0.15, -0.1) is 0 Å². The van der Waals surface area contributed by atoms with Crippen molar-refractivity contribution in [1.29, 1.82) is 0 Å². The van der Waals surface area contributed by atoms with Crippen LogP contribution in [0.3, 0.4) is 0 Å². The zero-order chi connectivity index (χ0) is 15.4. The lowest BCUT2D eigenvalue weighted by Crippen LogP contribution is -2.40. The van der Waals surface area contributed by atoms with Crippen LogP contribution in [0.4, 0.5) is 14.9 Å². The molecule has 22 heavy (non-hydrogen) atoms. The van der Waals surface area contributed by atoms with E-state index in [0.29, 0.717) is 6.54 Å². The van der Waals surface area contributed by atoms with Gasteiger partial charge in [-0.25, -0.2) is 9.18 Å². The Morgan fingerprint density at radius 2 is 1.86 bits per heavy atom. The first-order valence-electron chi connectivity index (χ1n) is 7.62. The van der Waals surface area contributed by atoms with Crippen LogP contribution in [0.5, 0.6) is 0 Å². The first-order chi connectivity index (χ1) is 10.7. The first kappa shape index (κ1) is 14.6. The molecule has 2 aromatic rings. The van der Waals surface area contributed by atoms with E-state index in [1.807, 2.05) is 23.1 Å². The Morgan fingerprint density at radius 3 is 2.68 bits per heavy atom. The standard InChI is InChI=1S/C18H19FN2O/c19-16-10-8-14(9-11-16)13-20-18(22)21-12-4-3-6-15-5-1-2-7-17(15)21/h1-2,5,7-11H,3-4,6,12-13H2,(H,20,22). The summed E-state index contributed by atoms with van der Waals surface area (Å²) in [6, 6.07) is 14.1. The van der Waals surface area contributed by atoms with E-state index in [4.69, 9.17) is 0 Å². The molecule has 0 aromatic heterocycles. The van der Waals surface area contributed by atoms with E-state index in [1.165, 1.54) is 17.7 Å². The molecule has 2 amide bonds. The van der Waals surface area contributed by atoms with Crippen molar-refractivity contribution in [3.8, 4) is 0 Å². The number of urea groups is 1.